The monoisotopic (exact) mass is 260 g/mol. The molecule has 5 heteroatoms. The zero-order chi connectivity index (χ0) is 14.0. The van der Waals surface area contributed by atoms with Gasteiger partial charge >= 0.3 is 5.97 Å². The normalized spacial score (nSPS) is 12.2. The van der Waals surface area contributed by atoms with Crippen molar-refractivity contribution in [2.45, 2.75) is 13.0 Å². The molecule has 5 nitrogen and oxygen atoms in total. The fraction of sp³-hybridized carbons (Fsp3) is 0.286. The van der Waals surface area contributed by atoms with Crippen LogP contribution in [0.25, 0.3) is 10.9 Å². The molecule has 0 saturated heterocycles. The standard InChI is InChI=1S/C14H16N2O3/c1-9(14(18)19-3)15-13(17)11-5-4-6-12-10(11)7-8-16(12)2/h4-9H,1-3H3,(H,15,17)/t9-/m0/s1. The zero-order valence-electron chi connectivity index (χ0n) is 11.1. The van der Waals surface area contributed by atoms with Crippen LogP contribution in [0.2, 0.25) is 0 Å². The van der Waals surface area contributed by atoms with Gasteiger partial charge in [0.2, 0.25) is 0 Å². The maximum atomic E-state index is 12.2. The number of hydrogen-bond donors (Lipinski definition) is 1. The Balaban J connectivity index is 2.29. The first-order valence-electron chi connectivity index (χ1n) is 5.97. The second kappa shape index (κ2) is 5.14. The molecule has 1 atom stereocenters. The third-order valence-corrected chi connectivity index (χ3v) is 3.07. The van der Waals surface area contributed by atoms with Gasteiger partial charge in [-0.15, -0.1) is 0 Å². The topological polar surface area (TPSA) is 60.3 Å². The van der Waals surface area contributed by atoms with Crippen LogP contribution in [0, 0.1) is 0 Å². The van der Waals surface area contributed by atoms with Gasteiger partial charge in [-0.2, -0.15) is 0 Å². The molecule has 2 aromatic rings. The average molecular weight is 260 g/mol. The molecule has 1 heterocycles. The van der Waals surface area contributed by atoms with Crippen LogP contribution in [0.3, 0.4) is 0 Å². The molecule has 0 saturated carbocycles. The van der Waals surface area contributed by atoms with E-state index < -0.39 is 12.0 Å². The molecule has 0 unspecified atom stereocenters. The first-order valence-corrected chi connectivity index (χ1v) is 5.97. The number of rotatable bonds is 3. The van der Waals surface area contributed by atoms with Crippen molar-refractivity contribution in [1.29, 1.82) is 0 Å². The summed E-state index contributed by atoms with van der Waals surface area (Å²) in [5, 5.41) is 3.49. The predicted molar refractivity (Wildman–Crippen MR) is 71.9 cm³/mol. The van der Waals surface area contributed by atoms with E-state index in [2.05, 4.69) is 10.1 Å². The van der Waals surface area contributed by atoms with Crippen molar-refractivity contribution in [3.05, 3.63) is 36.0 Å². The Bertz CT molecular complexity index is 631. The number of amides is 1. The second-order valence-electron chi connectivity index (χ2n) is 4.38. The zero-order valence-corrected chi connectivity index (χ0v) is 11.1. The summed E-state index contributed by atoms with van der Waals surface area (Å²) in [4.78, 5) is 23.5. The molecule has 1 amide bonds. The number of esters is 1. The smallest absolute Gasteiger partial charge is 0.328 e. The summed E-state index contributed by atoms with van der Waals surface area (Å²) in [6, 6.07) is 6.71. The van der Waals surface area contributed by atoms with Crippen LogP contribution in [0.15, 0.2) is 30.5 Å². The number of hydrogen-bond acceptors (Lipinski definition) is 3. The number of benzene rings is 1. The van der Waals surface area contributed by atoms with Crippen LogP contribution in [0.5, 0.6) is 0 Å². The van der Waals surface area contributed by atoms with Gasteiger partial charge in [0.25, 0.3) is 5.91 Å². The fourth-order valence-electron chi connectivity index (χ4n) is 2.01. The van der Waals surface area contributed by atoms with Crippen molar-refractivity contribution in [3.8, 4) is 0 Å². The molecule has 0 aliphatic carbocycles. The summed E-state index contributed by atoms with van der Waals surface area (Å²) >= 11 is 0. The maximum Gasteiger partial charge on any atom is 0.328 e. The molecule has 0 fully saturated rings. The summed E-state index contributed by atoms with van der Waals surface area (Å²) in [6.07, 6.45) is 1.89. The van der Waals surface area contributed by atoms with Crippen LogP contribution in [0.1, 0.15) is 17.3 Å². The first kappa shape index (κ1) is 13.1. The Kier molecular flexibility index (Phi) is 3.55. The second-order valence-corrected chi connectivity index (χ2v) is 4.38. The molecule has 1 aromatic carbocycles. The first-order chi connectivity index (χ1) is 9.04. The number of ether oxygens (including phenoxy) is 1. The number of fused-ring (bicyclic) bond motifs is 1. The molecule has 0 aliphatic heterocycles. The SMILES string of the molecule is COC(=O)[C@H](C)NC(=O)c1cccc2c1ccn2C. The Hall–Kier alpha value is -2.30. The highest BCUT2D eigenvalue weighted by atomic mass is 16.5. The molecular weight excluding hydrogens is 244 g/mol. The predicted octanol–water partition coefficient (Wildman–Crippen LogP) is 1.47. The lowest BCUT2D eigenvalue weighted by molar-refractivity contribution is -0.142. The van der Waals surface area contributed by atoms with Gasteiger partial charge in [-0.25, -0.2) is 4.79 Å². The number of nitrogens with one attached hydrogen (secondary N) is 1. The van der Waals surface area contributed by atoms with Crippen LogP contribution >= 0.6 is 0 Å². The van der Waals surface area contributed by atoms with E-state index in [1.807, 2.05) is 36.0 Å². The number of nitrogens with zero attached hydrogens (tertiary/aromatic N) is 1. The lowest BCUT2D eigenvalue weighted by atomic mass is 10.1. The molecule has 100 valence electrons. The highest BCUT2D eigenvalue weighted by Crippen LogP contribution is 2.19. The van der Waals surface area contributed by atoms with Crippen molar-refractivity contribution in [1.82, 2.24) is 9.88 Å². The van der Waals surface area contributed by atoms with E-state index in [-0.39, 0.29) is 5.91 Å². The van der Waals surface area contributed by atoms with E-state index in [1.165, 1.54) is 7.11 Å². The number of carbonyl (C=O) groups is 2. The Morgan fingerprint density at radius 3 is 2.74 bits per heavy atom. The number of methoxy groups -OCH3 is 1. The molecule has 0 aliphatic rings. The molecule has 19 heavy (non-hydrogen) atoms. The molecule has 2 rings (SSSR count). The third-order valence-electron chi connectivity index (χ3n) is 3.07. The van der Waals surface area contributed by atoms with Crippen molar-refractivity contribution in [2.75, 3.05) is 7.11 Å². The van der Waals surface area contributed by atoms with Crippen molar-refractivity contribution >= 4 is 22.8 Å². The molecular formula is C14H16N2O3. The van der Waals surface area contributed by atoms with Gasteiger partial charge in [0.05, 0.1) is 7.11 Å². The number of carbonyl (C=O) groups excluding carboxylic acids is 2. The van der Waals surface area contributed by atoms with E-state index in [4.69, 9.17) is 0 Å². The minimum Gasteiger partial charge on any atom is -0.467 e. The quantitative estimate of drug-likeness (QED) is 0.850. The van der Waals surface area contributed by atoms with Crippen molar-refractivity contribution in [3.63, 3.8) is 0 Å². The average Bonchev–Trinajstić information content (AvgIpc) is 2.79. The van der Waals surface area contributed by atoms with Gasteiger partial charge in [0.1, 0.15) is 6.04 Å². The summed E-state index contributed by atoms with van der Waals surface area (Å²) in [7, 11) is 3.21. The Labute approximate surface area is 111 Å². The van der Waals surface area contributed by atoms with Gasteiger partial charge in [-0.05, 0) is 25.1 Å². The maximum absolute atomic E-state index is 12.2. The highest BCUT2D eigenvalue weighted by Gasteiger charge is 2.18. The van der Waals surface area contributed by atoms with E-state index in [1.54, 1.807) is 13.0 Å². The summed E-state index contributed by atoms with van der Waals surface area (Å²) in [6.45, 7) is 1.59. The molecule has 0 spiro atoms. The van der Waals surface area contributed by atoms with Gasteiger partial charge in [0.15, 0.2) is 0 Å². The Morgan fingerprint density at radius 2 is 2.05 bits per heavy atom. The summed E-state index contributed by atoms with van der Waals surface area (Å²) in [5.74, 6) is -0.747. The van der Waals surface area contributed by atoms with Gasteiger partial charge in [-0.3, -0.25) is 4.79 Å². The minimum absolute atomic E-state index is 0.283. The lowest BCUT2D eigenvalue weighted by Gasteiger charge is -2.12. The van der Waals surface area contributed by atoms with Gasteiger partial charge in [-0.1, -0.05) is 6.07 Å². The van der Waals surface area contributed by atoms with E-state index in [0.29, 0.717) is 5.56 Å². The van der Waals surface area contributed by atoms with Crippen molar-refractivity contribution < 1.29 is 14.3 Å². The molecule has 0 bridgehead atoms. The highest BCUT2D eigenvalue weighted by molar-refractivity contribution is 6.07. The number of aryl methyl sites for hydroxylation is 1. The van der Waals surface area contributed by atoms with E-state index in [9.17, 15) is 9.59 Å². The van der Waals surface area contributed by atoms with Crippen molar-refractivity contribution in [2.24, 2.45) is 7.05 Å². The summed E-state index contributed by atoms with van der Waals surface area (Å²) in [5.41, 5.74) is 1.52. The van der Waals surface area contributed by atoms with Gasteiger partial charge < -0.3 is 14.6 Å². The van der Waals surface area contributed by atoms with Crippen LogP contribution in [-0.2, 0) is 16.6 Å². The molecule has 1 N–H and O–H groups in total. The Morgan fingerprint density at radius 1 is 1.32 bits per heavy atom. The molecule has 0 radical (unpaired) electrons. The van der Waals surface area contributed by atoms with Crippen LogP contribution in [0.4, 0.5) is 0 Å². The summed E-state index contributed by atoms with van der Waals surface area (Å²) < 4.78 is 6.52. The van der Waals surface area contributed by atoms with Gasteiger partial charge in [0, 0.05) is 29.7 Å². The van der Waals surface area contributed by atoms with E-state index in [0.717, 1.165) is 10.9 Å². The lowest BCUT2D eigenvalue weighted by Crippen LogP contribution is -2.39. The fourth-order valence-corrected chi connectivity index (χ4v) is 2.01. The van der Waals surface area contributed by atoms with E-state index >= 15 is 0 Å². The largest absolute Gasteiger partial charge is 0.467 e. The third kappa shape index (κ3) is 2.45. The van der Waals surface area contributed by atoms with Crippen LogP contribution in [-0.4, -0.2) is 29.6 Å². The van der Waals surface area contributed by atoms with Crippen LogP contribution < -0.4 is 5.32 Å². The number of aromatic nitrogens is 1. The minimum atomic E-state index is -0.670. The molecule has 1 aromatic heterocycles.